The molecule has 9 atom stereocenters. The summed E-state index contributed by atoms with van der Waals surface area (Å²) in [7, 11) is 1.48. The minimum Gasteiger partial charge on any atom is -0.469 e. The molecular formula is C33H46O5. The molecule has 0 bridgehead atoms. The number of rotatable bonds is 9. The molecule has 0 saturated heterocycles. The third-order valence-corrected chi connectivity index (χ3v) is 11.3. The Bertz CT molecular complexity index is 1020. The van der Waals surface area contributed by atoms with Crippen LogP contribution in [0.4, 0.5) is 0 Å². The number of fused-ring (bicyclic) bond motifs is 5. The maximum Gasteiger partial charge on any atom is 0.305 e. The van der Waals surface area contributed by atoms with Crippen LogP contribution >= 0.6 is 0 Å². The fraction of sp³-hybridized carbons (Fsp3) is 0.697. The predicted molar refractivity (Wildman–Crippen MR) is 147 cm³/mol. The van der Waals surface area contributed by atoms with Crippen molar-refractivity contribution in [2.24, 2.45) is 46.3 Å². The van der Waals surface area contributed by atoms with E-state index in [4.69, 9.17) is 14.2 Å². The van der Waals surface area contributed by atoms with Crippen LogP contribution in [-0.2, 0) is 30.4 Å². The number of allylic oxidation sites excluding steroid dienone is 2. The van der Waals surface area contributed by atoms with Crippen LogP contribution in [0, 0.1) is 46.3 Å². The molecule has 5 nitrogen and oxygen atoms in total. The zero-order valence-corrected chi connectivity index (χ0v) is 23.7. The molecule has 4 aliphatic carbocycles. The van der Waals surface area contributed by atoms with E-state index in [2.05, 4.69) is 39.0 Å². The first kappa shape index (κ1) is 27.6. The highest BCUT2D eigenvalue weighted by Gasteiger charge is 2.62. The fourth-order valence-electron chi connectivity index (χ4n) is 9.25. The summed E-state index contributed by atoms with van der Waals surface area (Å²) in [5.74, 6) is 3.17. The molecule has 208 valence electrons. The zero-order chi connectivity index (χ0) is 26.9. The number of ketones is 1. The lowest BCUT2D eigenvalue weighted by Gasteiger charge is -2.61. The zero-order valence-electron chi connectivity index (χ0n) is 23.7. The lowest BCUT2D eigenvalue weighted by Crippen LogP contribution is -2.58. The average molecular weight is 523 g/mol. The van der Waals surface area contributed by atoms with Crippen molar-refractivity contribution in [2.75, 3.05) is 13.9 Å². The molecule has 0 aromatic heterocycles. The first-order valence-electron chi connectivity index (χ1n) is 14.8. The normalized spacial score (nSPS) is 38.7. The van der Waals surface area contributed by atoms with Gasteiger partial charge >= 0.3 is 5.97 Å². The summed E-state index contributed by atoms with van der Waals surface area (Å²) in [5, 5.41) is 0. The van der Waals surface area contributed by atoms with Crippen LogP contribution in [0.5, 0.6) is 0 Å². The van der Waals surface area contributed by atoms with Gasteiger partial charge in [0.25, 0.3) is 0 Å². The molecule has 0 unspecified atom stereocenters. The van der Waals surface area contributed by atoms with Gasteiger partial charge in [0.05, 0.1) is 19.8 Å². The molecule has 0 amide bonds. The van der Waals surface area contributed by atoms with Gasteiger partial charge < -0.3 is 14.2 Å². The highest BCUT2D eigenvalue weighted by molar-refractivity contribution is 5.91. The smallest absolute Gasteiger partial charge is 0.305 e. The number of hydrogen-bond acceptors (Lipinski definition) is 5. The van der Waals surface area contributed by atoms with Crippen molar-refractivity contribution < 1.29 is 23.8 Å². The van der Waals surface area contributed by atoms with Crippen molar-refractivity contribution in [2.45, 2.75) is 84.8 Å². The second kappa shape index (κ2) is 11.3. The average Bonchev–Trinajstić information content (AvgIpc) is 3.28. The summed E-state index contributed by atoms with van der Waals surface area (Å²) in [4.78, 5) is 24.3. The molecule has 0 radical (unpaired) electrons. The van der Waals surface area contributed by atoms with E-state index >= 15 is 0 Å². The van der Waals surface area contributed by atoms with Crippen LogP contribution in [0.2, 0.25) is 0 Å². The van der Waals surface area contributed by atoms with E-state index in [1.54, 1.807) is 0 Å². The van der Waals surface area contributed by atoms with Gasteiger partial charge in [0.2, 0.25) is 0 Å². The maximum atomic E-state index is 12.4. The van der Waals surface area contributed by atoms with Crippen LogP contribution in [0.15, 0.2) is 42.5 Å². The van der Waals surface area contributed by atoms with Crippen molar-refractivity contribution in [3.05, 3.63) is 48.0 Å². The lowest BCUT2D eigenvalue weighted by atomic mass is 9.45. The molecular weight excluding hydrogens is 476 g/mol. The Morgan fingerprint density at radius 3 is 2.66 bits per heavy atom. The monoisotopic (exact) mass is 522 g/mol. The standard InChI is InChI=1S/C33H46O5/c1-22(10-13-30(35)36-4)26-11-12-27-31-28(15-17-33(26,27)3)32(2)16-14-25(34)18-24(32)19-29(31)38-21-37-20-23-8-6-5-7-9-23/h5-9,14,16,22,24,26-29,31H,10-13,15,17-21H2,1-4H3/t22-,24+,26-,27+,28+,29-,31+,32+,33-/m1/s1. The van der Waals surface area contributed by atoms with E-state index in [9.17, 15) is 9.59 Å². The second-order valence-electron chi connectivity index (χ2n) is 13.1. The highest BCUT2D eigenvalue weighted by atomic mass is 16.7. The van der Waals surface area contributed by atoms with Crippen LogP contribution < -0.4 is 0 Å². The van der Waals surface area contributed by atoms with Gasteiger partial charge in [-0.05, 0) is 96.5 Å². The first-order valence-corrected chi connectivity index (χ1v) is 14.8. The van der Waals surface area contributed by atoms with E-state index in [-0.39, 0.29) is 28.7 Å². The molecule has 0 N–H and O–H groups in total. The summed E-state index contributed by atoms with van der Waals surface area (Å²) < 4.78 is 17.6. The molecule has 5 rings (SSSR count). The van der Waals surface area contributed by atoms with Gasteiger partial charge in [0, 0.05) is 12.8 Å². The Morgan fingerprint density at radius 2 is 1.89 bits per heavy atom. The summed E-state index contributed by atoms with van der Waals surface area (Å²) in [5.41, 5.74) is 1.46. The minimum atomic E-state index is -0.103. The number of ether oxygens (including phenoxy) is 3. The number of hydrogen-bond donors (Lipinski definition) is 0. The van der Waals surface area contributed by atoms with E-state index < -0.39 is 0 Å². The van der Waals surface area contributed by atoms with E-state index in [1.807, 2.05) is 24.3 Å². The van der Waals surface area contributed by atoms with Crippen molar-refractivity contribution in [3.8, 4) is 0 Å². The Labute approximate surface area is 228 Å². The summed E-state index contributed by atoms with van der Waals surface area (Å²) in [6, 6.07) is 10.2. The van der Waals surface area contributed by atoms with Gasteiger partial charge in [-0.25, -0.2) is 0 Å². The number of carbonyl (C=O) groups excluding carboxylic acids is 2. The van der Waals surface area contributed by atoms with Crippen LogP contribution in [0.25, 0.3) is 0 Å². The Hall–Kier alpha value is -1.98. The summed E-state index contributed by atoms with van der Waals surface area (Å²) in [6.07, 6.45) is 12.0. The number of benzene rings is 1. The molecule has 5 heteroatoms. The Morgan fingerprint density at radius 1 is 1.11 bits per heavy atom. The van der Waals surface area contributed by atoms with E-state index in [0.717, 1.165) is 18.4 Å². The topological polar surface area (TPSA) is 61.8 Å². The largest absolute Gasteiger partial charge is 0.469 e. The van der Waals surface area contributed by atoms with Gasteiger partial charge in [0.15, 0.2) is 5.78 Å². The number of carbonyl (C=O) groups is 2. The Kier molecular flexibility index (Phi) is 8.17. The molecule has 3 saturated carbocycles. The lowest BCUT2D eigenvalue weighted by molar-refractivity contribution is -0.194. The first-order chi connectivity index (χ1) is 18.3. The van der Waals surface area contributed by atoms with Gasteiger partial charge in [-0.1, -0.05) is 57.2 Å². The van der Waals surface area contributed by atoms with Crippen LogP contribution in [0.3, 0.4) is 0 Å². The predicted octanol–water partition coefficient (Wildman–Crippen LogP) is 6.75. The minimum absolute atomic E-state index is 0.0548. The third kappa shape index (κ3) is 5.13. The molecule has 0 aliphatic heterocycles. The van der Waals surface area contributed by atoms with Crippen LogP contribution in [-0.4, -0.2) is 31.8 Å². The van der Waals surface area contributed by atoms with Crippen molar-refractivity contribution in [1.29, 1.82) is 0 Å². The number of esters is 1. The fourth-order valence-corrected chi connectivity index (χ4v) is 9.25. The van der Waals surface area contributed by atoms with Gasteiger partial charge in [0.1, 0.15) is 6.79 Å². The quantitative estimate of drug-likeness (QED) is 0.204. The molecule has 1 aromatic carbocycles. The Balaban J connectivity index is 1.34. The molecule has 0 spiro atoms. The molecule has 38 heavy (non-hydrogen) atoms. The summed E-state index contributed by atoms with van der Waals surface area (Å²) in [6.45, 7) is 8.11. The maximum absolute atomic E-state index is 12.4. The van der Waals surface area contributed by atoms with Crippen LogP contribution in [0.1, 0.15) is 77.7 Å². The SMILES string of the molecule is COC(=O)CC[C@@H](C)[C@H]1CC[C@H]2[C@@H]3[C@H](OCOCc4ccccc4)C[C@@H]4CC(=O)C=C[C@]4(C)[C@H]3CC[C@]12C. The number of methoxy groups -OCH3 is 1. The second-order valence-corrected chi connectivity index (χ2v) is 13.1. The van der Waals surface area contributed by atoms with Gasteiger partial charge in [-0.2, -0.15) is 0 Å². The van der Waals surface area contributed by atoms with Crippen molar-refractivity contribution in [3.63, 3.8) is 0 Å². The molecule has 4 aliphatic rings. The van der Waals surface area contributed by atoms with E-state index in [1.165, 1.54) is 32.8 Å². The van der Waals surface area contributed by atoms with Crippen molar-refractivity contribution in [1.82, 2.24) is 0 Å². The van der Waals surface area contributed by atoms with Gasteiger partial charge in [-0.3, -0.25) is 9.59 Å². The molecule has 1 aromatic rings. The van der Waals surface area contributed by atoms with E-state index in [0.29, 0.717) is 61.7 Å². The van der Waals surface area contributed by atoms with Gasteiger partial charge in [-0.15, -0.1) is 0 Å². The summed E-state index contributed by atoms with van der Waals surface area (Å²) >= 11 is 0. The molecule has 3 fully saturated rings. The van der Waals surface area contributed by atoms with Crippen molar-refractivity contribution >= 4 is 11.8 Å². The molecule has 0 heterocycles. The highest BCUT2D eigenvalue weighted by Crippen LogP contribution is 2.68. The third-order valence-electron chi connectivity index (χ3n) is 11.3.